The van der Waals surface area contributed by atoms with Gasteiger partial charge in [0.05, 0.1) is 6.61 Å². The number of halogens is 1. The SMILES string of the molecule is CCNC(=NCC(=O)N(CC)Cc1ccccc1)NCCOCC.I. The van der Waals surface area contributed by atoms with Gasteiger partial charge in [-0.25, -0.2) is 4.99 Å². The van der Waals surface area contributed by atoms with Crippen LogP contribution in [-0.2, 0) is 16.1 Å². The molecule has 1 amide bonds. The first kappa shape index (κ1) is 23.6. The lowest BCUT2D eigenvalue weighted by Gasteiger charge is -2.20. The Hall–Kier alpha value is -1.35. The fraction of sp³-hybridized carbons (Fsp3) is 0.556. The topological polar surface area (TPSA) is 66.0 Å². The molecule has 0 heterocycles. The quantitative estimate of drug-likeness (QED) is 0.242. The van der Waals surface area contributed by atoms with Crippen molar-refractivity contribution in [2.75, 3.05) is 39.4 Å². The fourth-order valence-electron chi connectivity index (χ4n) is 2.15. The molecule has 0 saturated heterocycles. The van der Waals surface area contributed by atoms with Gasteiger partial charge in [-0.05, 0) is 26.3 Å². The van der Waals surface area contributed by atoms with Crippen LogP contribution < -0.4 is 10.6 Å². The summed E-state index contributed by atoms with van der Waals surface area (Å²) >= 11 is 0. The molecule has 0 aliphatic heterocycles. The Morgan fingerprint density at radius 1 is 1.16 bits per heavy atom. The maximum atomic E-state index is 12.4. The van der Waals surface area contributed by atoms with Crippen LogP contribution in [-0.4, -0.2) is 56.2 Å². The van der Waals surface area contributed by atoms with Crippen molar-refractivity contribution in [2.45, 2.75) is 27.3 Å². The number of amides is 1. The number of guanidine groups is 1. The first-order valence-electron chi connectivity index (χ1n) is 8.62. The molecule has 0 aliphatic carbocycles. The highest BCUT2D eigenvalue weighted by molar-refractivity contribution is 14.0. The third-order valence-corrected chi connectivity index (χ3v) is 3.41. The van der Waals surface area contributed by atoms with Crippen LogP contribution in [0.2, 0.25) is 0 Å². The van der Waals surface area contributed by atoms with Gasteiger partial charge in [-0.2, -0.15) is 0 Å². The van der Waals surface area contributed by atoms with Crippen molar-refractivity contribution in [1.82, 2.24) is 15.5 Å². The molecule has 0 unspecified atom stereocenters. The molecule has 1 aromatic carbocycles. The number of carbonyl (C=O) groups is 1. The van der Waals surface area contributed by atoms with Crippen LogP contribution in [0.4, 0.5) is 0 Å². The summed E-state index contributed by atoms with van der Waals surface area (Å²) in [6.45, 7) is 10.1. The van der Waals surface area contributed by atoms with E-state index in [4.69, 9.17) is 4.74 Å². The molecule has 6 nitrogen and oxygen atoms in total. The van der Waals surface area contributed by atoms with Gasteiger partial charge in [0, 0.05) is 32.8 Å². The lowest BCUT2D eigenvalue weighted by Crippen LogP contribution is -2.40. The van der Waals surface area contributed by atoms with E-state index in [-0.39, 0.29) is 36.4 Å². The average molecular weight is 462 g/mol. The summed E-state index contributed by atoms with van der Waals surface area (Å²) in [4.78, 5) is 18.6. The highest BCUT2D eigenvalue weighted by atomic mass is 127. The Kier molecular flexibility index (Phi) is 14.1. The molecule has 0 aromatic heterocycles. The van der Waals surface area contributed by atoms with Gasteiger partial charge < -0.3 is 20.3 Å². The van der Waals surface area contributed by atoms with Crippen LogP contribution in [0.3, 0.4) is 0 Å². The molecule has 0 fully saturated rings. The Balaban J connectivity index is 0.00000576. The number of hydrogen-bond acceptors (Lipinski definition) is 3. The summed E-state index contributed by atoms with van der Waals surface area (Å²) in [5.74, 6) is 0.657. The second kappa shape index (κ2) is 14.9. The largest absolute Gasteiger partial charge is 0.380 e. The molecule has 2 N–H and O–H groups in total. The lowest BCUT2D eigenvalue weighted by atomic mass is 10.2. The van der Waals surface area contributed by atoms with Crippen LogP contribution in [0.1, 0.15) is 26.3 Å². The molecular formula is C18H31IN4O2. The Morgan fingerprint density at radius 2 is 1.88 bits per heavy atom. The van der Waals surface area contributed by atoms with Crippen LogP contribution in [0.5, 0.6) is 0 Å². The fourth-order valence-corrected chi connectivity index (χ4v) is 2.15. The maximum Gasteiger partial charge on any atom is 0.244 e. The van der Waals surface area contributed by atoms with E-state index in [2.05, 4.69) is 15.6 Å². The zero-order chi connectivity index (χ0) is 17.6. The monoisotopic (exact) mass is 462 g/mol. The van der Waals surface area contributed by atoms with Crippen molar-refractivity contribution in [3.63, 3.8) is 0 Å². The van der Waals surface area contributed by atoms with Crippen LogP contribution in [0.25, 0.3) is 0 Å². The number of benzene rings is 1. The minimum absolute atomic E-state index is 0. The average Bonchev–Trinajstić information content (AvgIpc) is 2.61. The number of nitrogens with one attached hydrogen (secondary N) is 2. The van der Waals surface area contributed by atoms with Gasteiger partial charge in [0.2, 0.25) is 5.91 Å². The smallest absolute Gasteiger partial charge is 0.244 e. The van der Waals surface area contributed by atoms with Crippen molar-refractivity contribution in [2.24, 2.45) is 4.99 Å². The molecule has 0 bridgehead atoms. The molecule has 0 aliphatic rings. The number of likely N-dealkylation sites (N-methyl/N-ethyl adjacent to an activating group) is 1. The highest BCUT2D eigenvalue weighted by Gasteiger charge is 2.11. The summed E-state index contributed by atoms with van der Waals surface area (Å²) in [6, 6.07) is 9.99. The second-order valence-electron chi connectivity index (χ2n) is 5.21. The number of nitrogens with zero attached hydrogens (tertiary/aromatic N) is 2. The minimum Gasteiger partial charge on any atom is -0.380 e. The summed E-state index contributed by atoms with van der Waals surface area (Å²) in [6.07, 6.45) is 0. The molecule has 0 atom stereocenters. The summed E-state index contributed by atoms with van der Waals surface area (Å²) in [5, 5.41) is 6.29. The van der Waals surface area contributed by atoms with E-state index < -0.39 is 0 Å². The van der Waals surface area contributed by atoms with E-state index in [9.17, 15) is 4.79 Å². The molecule has 1 aromatic rings. The van der Waals surface area contributed by atoms with Crippen LogP contribution >= 0.6 is 24.0 Å². The van der Waals surface area contributed by atoms with Crippen molar-refractivity contribution in [3.8, 4) is 0 Å². The first-order valence-corrected chi connectivity index (χ1v) is 8.62. The number of rotatable bonds is 10. The molecular weight excluding hydrogens is 431 g/mol. The number of aliphatic imine (C=N–C) groups is 1. The van der Waals surface area contributed by atoms with Gasteiger partial charge in [0.15, 0.2) is 5.96 Å². The standard InChI is InChI=1S/C18H30N4O2.HI/c1-4-19-18(20-12-13-24-6-3)21-14-17(23)22(5-2)15-16-10-8-7-9-11-16;/h7-11H,4-6,12-15H2,1-3H3,(H2,19,20,21);1H. The minimum atomic E-state index is 0. The highest BCUT2D eigenvalue weighted by Crippen LogP contribution is 2.04. The molecule has 7 heteroatoms. The molecule has 0 radical (unpaired) electrons. The van der Waals surface area contributed by atoms with Crippen molar-refractivity contribution < 1.29 is 9.53 Å². The number of hydrogen-bond donors (Lipinski definition) is 2. The predicted octanol–water partition coefficient (Wildman–Crippen LogP) is 2.24. The lowest BCUT2D eigenvalue weighted by molar-refractivity contribution is -0.130. The summed E-state index contributed by atoms with van der Waals surface area (Å²) < 4.78 is 5.29. The normalized spacial score (nSPS) is 10.8. The molecule has 1 rings (SSSR count). The first-order chi connectivity index (χ1) is 11.7. The Bertz CT molecular complexity index is 497. The predicted molar refractivity (Wildman–Crippen MR) is 113 cm³/mol. The van der Waals surface area contributed by atoms with E-state index in [0.717, 1.165) is 12.1 Å². The van der Waals surface area contributed by atoms with Gasteiger partial charge in [-0.1, -0.05) is 30.3 Å². The van der Waals surface area contributed by atoms with Crippen LogP contribution in [0, 0.1) is 0 Å². The van der Waals surface area contributed by atoms with Gasteiger partial charge in [0.1, 0.15) is 6.54 Å². The maximum absolute atomic E-state index is 12.4. The van der Waals surface area contributed by atoms with Gasteiger partial charge in [0.25, 0.3) is 0 Å². The Morgan fingerprint density at radius 3 is 2.48 bits per heavy atom. The zero-order valence-electron chi connectivity index (χ0n) is 15.5. The van der Waals surface area contributed by atoms with E-state index >= 15 is 0 Å². The van der Waals surface area contributed by atoms with Crippen molar-refractivity contribution >= 4 is 35.8 Å². The van der Waals surface area contributed by atoms with Crippen molar-refractivity contribution in [3.05, 3.63) is 35.9 Å². The number of carbonyl (C=O) groups excluding carboxylic acids is 1. The van der Waals surface area contributed by atoms with Gasteiger partial charge >= 0.3 is 0 Å². The van der Waals surface area contributed by atoms with E-state index in [1.807, 2.05) is 56.0 Å². The molecule has 25 heavy (non-hydrogen) atoms. The molecule has 0 saturated carbocycles. The third-order valence-electron chi connectivity index (χ3n) is 3.41. The van der Waals surface area contributed by atoms with Gasteiger partial charge in [-0.15, -0.1) is 24.0 Å². The molecule has 0 spiro atoms. The number of ether oxygens (including phenoxy) is 1. The molecule has 142 valence electrons. The van der Waals surface area contributed by atoms with Crippen LogP contribution in [0.15, 0.2) is 35.3 Å². The van der Waals surface area contributed by atoms with E-state index in [1.54, 1.807) is 0 Å². The Labute approximate surface area is 168 Å². The summed E-state index contributed by atoms with van der Waals surface area (Å²) in [5.41, 5.74) is 1.12. The van der Waals surface area contributed by atoms with E-state index in [1.165, 1.54) is 0 Å². The second-order valence-corrected chi connectivity index (χ2v) is 5.21. The van der Waals surface area contributed by atoms with Gasteiger partial charge in [-0.3, -0.25) is 4.79 Å². The zero-order valence-corrected chi connectivity index (χ0v) is 17.8. The summed E-state index contributed by atoms with van der Waals surface area (Å²) in [7, 11) is 0. The third kappa shape index (κ3) is 10.3. The van der Waals surface area contributed by atoms with E-state index in [0.29, 0.717) is 38.8 Å². The van der Waals surface area contributed by atoms with Crippen molar-refractivity contribution in [1.29, 1.82) is 0 Å².